The molecule has 0 amide bonds. The van der Waals surface area contributed by atoms with Gasteiger partial charge >= 0.3 is 18.2 Å². The summed E-state index contributed by atoms with van der Waals surface area (Å²) >= 11 is 0. The molecule has 0 aromatic heterocycles. The van der Waals surface area contributed by atoms with Crippen LogP contribution >= 0.6 is 0 Å². The van der Waals surface area contributed by atoms with Gasteiger partial charge < -0.3 is 0 Å². The molecule has 0 N–H and O–H groups in total. The molecule has 148 valence electrons. The van der Waals surface area contributed by atoms with Gasteiger partial charge in [-0.15, -0.1) is 9.78 Å². The summed E-state index contributed by atoms with van der Waals surface area (Å²) in [6.45, 7) is 7.71. The molecule has 0 heterocycles. The van der Waals surface area contributed by atoms with E-state index in [4.69, 9.17) is 19.6 Å². The molecule has 0 aliphatic heterocycles. The average molecular weight is 384 g/mol. The summed E-state index contributed by atoms with van der Waals surface area (Å²) < 4.78 is 0. The maximum absolute atomic E-state index is 12.0. The number of carbonyl (C=O) groups excluding carboxylic acids is 2. The molecule has 0 aliphatic rings. The van der Waals surface area contributed by atoms with Crippen molar-refractivity contribution in [2.24, 2.45) is 0 Å². The highest BCUT2D eigenvalue weighted by molar-refractivity contribution is 5.89. The SMILES string of the molecule is [CH2]CC[C](OOC(=O)c1ccc(CC)cc1)OOC(=O)c1ccc(CC)cc1. The maximum atomic E-state index is 12.0. The molecule has 2 aromatic rings. The Morgan fingerprint density at radius 2 is 1.11 bits per heavy atom. The molecule has 0 atom stereocenters. The Labute approximate surface area is 165 Å². The predicted molar refractivity (Wildman–Crippen MR) is 102 cm³/mol. The molecule has 0 aliphatic carbocycles. The van der Waals surface area contributed by atoms with Crippen molar-refractivity contribution >= 4 is 11.9 Å². The van der Waals surface area contributed by atoms with Crippen molar-refractivity contribution in [1.29, 1.82) is 0 Å². The highest BCUT2D eigenvalue weighted by atomic mass is 17.3. The summed E-state index contributed by atoms with van der Waals surface area (Å²) in [5.74, 6) is -1.37. The summed E-state index contributed by atoms with van der Waals surface area (Å²) in [6, 6.07) is 13.9. The summed E-state index contributed by atoms with van der Waals surface area (Å²) in [4.78, 5) is 43.4. The highest BCUT2D eigenvalue weighted by Gasteiger charge is 2.20. The fourth-order valence-electron chi connectivity index (χ4n) is 2.26. The quantitative estimate of drug-likeness (QED) is 0.433. The van der Waals surface area contributed by atoms with Crippen LogP contribution in [0.25, 0.3) is 0 Å². The van der Waals surface area contributed by atoms with E-state index in [2.05, 4.69) is 6.92 Å². The van der Waals surface area contributed by atoms with Gasteiger partial charge in [0.1, 0.15) is 0 Å². The molecule has 2 radical (unpaired) electrons. The third kappa shape index (κ3) is 6.48. The third-order valence-electron chi connectivity index (χ3n) is 4.00. The molecule has 0 unspecified atom stereocenters. The van der Waals surface area contributed by atoms with Crippen LogP contribution in [0.1, 0.15) is 58.5 Å². The van der Waals surface area contributed by atoms with Crippen molar-refractivity contribution in [2.45, 2.75) is 39.5 Å². The second-order valence-corrected chi connectivity index (χ2v) is 5.98. The Kier molecular flexibility index (Phi) is 8.65. The third-order valence-corrected chi connectivity index (χ3v) is 4.00. The van der Waals surface area contributed by atoms with E-state index in [0.717, 1.165) is 24.0 Å². The van der Waals surface area contributed by atoms with Gasteiger partial charge in [-0.05, 0) is 54.7 Å². The molecule has 6 nitrogen and oxygen atoms in total. The van der Waals surface area contributed by atoms with Gasteiger partial charge in [-0.2, -0.15) is 0 Å². The van der Waals surface area contributed by atoms with Crippen molar-refractivity contribution in [3.63, 3.8) is 0 Å². The number of aryl methyl sites for hydroxylation is 2. The van der Waals surface area contributed by atoms with Crippen LogP contribution in [-0.2, 0) is 32.4 Å². The van der Waals surface area contributed by atoms with Crippen LogP contribution in [0, 0.1) is 13.2 Å². The van der Waals surface area contributed by atoms with Crippen molar-refractivity contribution in [2.75, 3.05) is 0 Å². The standard InChI is InChI=1S/C22H24O6/c1-4-7-20(25-27-21(23)18-12-8-16(5-2)9-13-18)26-28-22(24)19-14-10-17(6-3)11-15-19/h8-15H,1,4-7H2,2-3H3. The number of benzene rings is 2. The first kappa shape index (κ1) is 21.6. The topological polar surface area (TPSA) is 71.1 Å². The van der Waals surface area contributed by atoms with E-state index in [1.54, 1.807) is 24.3 Å². The highest BCUT2D eigenvalue weighted by Crippen LogP contribution is 2.17. The first-order chi connectivity index (χ1) is 13.6. The van der Waals surface area contributed by atoms with Gasteiger partial charge in [-0.3, -0.25) is 9.78 Å². The Morgan fingerprint density at radius 1 is 0.714 bits per heavy atom. The molecule has 6 heteroatoms. The maximum Gasteiger partial charge on any atom is 0.373 e. The molecule has 0 fully saturated rings. The molecule has 0 bridgehead atoms. The van der Waals surface area contributed by atoms with E-state index in [1.807, 2.05) is 38.1 Å². The van der Waals surface area contributed by atoms with E-state index in [-0.39, 0.29) is 12.7 Å². The molecule has 0 saturated heterocycles. The lowest BCUT2D eigenvalue weighted by Crippen LogP contribution is -2.16. The largest absolute Gasteiger partial charge is 0.373 e. The van der Waals surface area contributed by atoms with Gasteiger partial charge in [0.05, 0.1) is 11.1 Å². The van der Waals surface area contributed by atoms with Crippen molar-refractivity contribution in [3.05, 3.63) is 84.0 Å². The minimum absolute atomic E-state index is 0.174. The smallest absolute Gasteiger partial charge is 0.289 e. The molecule has 2 aromatic carbocycles. The zero-order valence-electron chi connectivity index (χ0n) is 16.1. The molecular formula is C22H24O6. The van der Waals surface area contributed by atoms with Crippen LogP contribution in [-0.4, -0.2) is 11.9 Å². The van der Waals surface area contributed by atoms with Crippen molar-refractivity contribution in [3.8, 4) is 0 Å². The number of carbonyl (C=O) groups is 2. The van der Waals surface area contributed by atoms with E-state index >= 15 is 0 Å². The Hall–Kier alpha value is -2.70. The summed E-state index contributed by atoms with van der Waals surface area (Å²) in [7, 11) is 0. The lowest BCUT2D eigenvalue weighted by molar-refractivity contribution is -0.363. The number of rotatable bonds is 10. The van der Waals surface area contributed by atoms with E-state index < -0.39 is 11.9 Å². The van der Waals surface area contributed by atoms with Gasteiger partial charge in [0, 0.05) is 6.42 Å². The van der Waals surface area contributed by atoms with Crippen LogP contribution in [0.5, 0.6) is 0 Å². The minimum atomic E-state index is -0.686. The molecular weight excluding hydrogens is 360 g/mol. The minimum Gasteiger partial charge on any atom is -0.289 e. The van der Waals surface area contributed by atoms with Gasteiger partial charge in [-0.25, -0.2) is 9.59 Å². The fraction of sp³-hybridized carbons (Fsp3) is 0.273. The lowest BCUT2D eigenvalue weighted by Gasteiger charge is -2.13. The molecule has 0 spiro atoms. The van der Waals surface area contributed by atoms with Crippen LogP contribution in [0.15, 0.2) is 48.5 Å². The Morgan fingerprint density at radius 3 is 1.43 bits per heavy atom. The van der Waals surface area contributed by atoms with Crippen LogP contribution in [0.4, 0.5) is 0 Å². The fourth-order valence-corrected chi connectivity index (χ4v) is 2.26. The normalized spacial score (nSPS) is 10.7. The second-order valence-electron chi connectivity index (χ2n) is 5.98. The van der Waals surface area contributed by atoms with Crippen molar-refractivity contribution in [1.82, 2.24) is 0 Å². The first-order valence-corrected chi connectivity index (χ1v) is 9.18. The average Bonchev–Trinajstić information content (AvgIpc) is 2.75. The van der Waals surface area contributed by atoms with E-state index in [0.29, 0.717) is 17.5 Å². The summed E-state index contributed by atoms with van der Waals surface area (Å²) in [5.41, 5.74) is 2.87. The van der Waals surface area contributed by atoms with E-state index in [1.165, 1.54) is 0 Å². The second kappa shape index (κ2) is 11.2. The van der Waals surface area contributed by atoms with E-state index in [9.17, 15) is 9.59 Å². The Bertz CT molecular complexity index is 688. The van der Waals surface area contributed by atoms with Gasteiger partial charge in [0.25, 0.3) is 0 Å². The van der Waals surface area contributed by atoms with Gasteiger partial charge in [0.2, 0.25) is 0 Å². The van der Waals surface area contributed by atoms with Gasteiger partial charge in [-0.1, -0.05) is 45.0 Å². The number of hydrogen-bond donors (Lipinski definition) is 0. The van der Waals surface area contributed by atoms with Crippen molar-refractivity contribution < 1.29 is 29.1 Å². The van der Waals surface area contributed by atoms with Gasteiger partial charge in [0.15, 0.2) is 0 Å². The van der Waals surface area contributed by atoms with Crippen LogP contribution in [0.3, 0.4) is 0 Å². The van der Waals surface area contributed by atoms with Crippen LogP contribution < -0.4 is 0 Å². The lowest BCUT2D eigenvalue weighted by atomic mass is 10.1. The van der Waals surface area contributed by atoms with Crippen LogP contribution in [0.2, 0.25) is 0 Å². The molecule has 0 saturated carbocycles. The predicted octanol–water partition coefficient (Wildman–Crippen LogP) is 4.79. The first-order valence-electron chi connectivity index (χ1n) is 9.18. The summed E-state index contributed by atoms with van der Waals surface area (Å²) in [6.07, 6.45) is 2.14. The summed E-state index contributed by atoms with van der Waals surface area (Å²) in [5, 5.41) is 0. The Balaban J connectivity index is 1.85. The number of hydrogen-bond acceptors (Lipinski definition) is 6. The monoisotopic (exact) mass is 384 g/mol. The molecule has 2 rings (SSSR count). The zero-order chi connectivity index (χ0) is 20.4. The molecule has 28 heavy (non-hydrogen) atoms. The zero-order valence-corrected chi connectivity index (χ0v) is 16.1.